The number of allylic oxidation sites excluding steroid dienone is 2. The van der Waals surface area contributed by atoms with E-state index >= 15 is 0 Å². The molecule has 0 radical (unpaired) electrons. The molecule has 0 bridgehead atoms. The molecule has 0 amide bonds. The highest BCUT2D eigenvalue weighted by Gasteiger charge is 2.28. The summed E-state index contributed by atoms with van der Waals surface area (Å²) in [7, 11) is 0. The van der Waals surface area contributed by atoms with Crippen molar-refractivity contribution in [1.29, 1.82) is 0 Å². The van der Waals surface area contributed by atoms with Gasteiger partial charge in [0.1, 0.15) is 0 Å². The van der Waals surface area contributed by atoms with Gasteiger partial charge in [-0.05, 0) is 34.8 Å². The topological polar surface area (TPSA) is 0 Å². The predicted octanol–water partition coefficient (Wildman–Crippen LogP) is 5.77. The van der Waals surface area contributed by atoms with Crippen LogP contribution in [0.2, 0.25) is 0 Å². The minimum atomic E-state index is 0.247. The van der Waals surface area contributed by atoms with Crippen molar-refractivity contribution in [2.75, 3.05) is 0 Å². The van der Waals surface area contributed by atoms with Crippen molar-refractivity contribution in [1.82, 2.24) is 0 Å². The molecule has 0 heterocycles. The highest BCUT2D eigenvalue weighted by atomic mass is 14.3. The predicted molar refractivity (Wildman–Crippen MR) is 86.6 cm³/mol. The molecule has 0 saturated heterocycles. The van der Waals surface area contributed by atoms with Gasteiger partial charge in [-0.2, -0.15) is 0 Å². The van der Waals surface area contributed by atoms with Gasteiger partial charge >= 0.3 is 0 Å². The zero-order valence-electron chi connectivity index (χ0n) is 13.5. The van der Waals surface area contributed by atoms with Gasteiger partial charge in [0.05, 0.1) is 0 Å². The van der Waals surface area contributed by atoms with Crippen molar-refractivity contribution in [3.05, 3.63) is 47.5 Å². The lowest BCUT2D eigenvalue weighted by Gasteiger charge is -2.33. The van der Waals surface area contributed by atoms with Crippen molar-refractivity contribution in [2.45, 2.75) is 59.8 Å². The van der Waals surface area contributed by atoms with Gasteiger partial charge in [-0.25, -0.2) is 0 Å². The first-order chi connectivity index (χ1) is 8.89. The highest BCUT2D eigenvalue weighted by molar-refractivity contribution is 5.35. The van der Waals surface area contributed by atoms with Crippen LogP contribution in [0.5, 0.6) is 0 Å². The van der Waals surface area contributed by atoms with Gasteiger partial charge in [-0.3, -0.25) is 0 Å². The fourth-order valence-corrected chi connectivity index (χ4v) is 2.57. The van der Waals surface area contributed by atoms with Crippen LogP contribution in [-0.2, 0) is 11.8 Å². The molecule has 1 unspecified atom stereocenters. The Morgan fingerprint density at radius 3 is 2.32 bits per heavy atom. The van der Waals surface area contributed by atoms with Crippen LogP contribution in [-0.4, -0.2) is 0 Å². The van der Waals surface area contributed by atoms with Crippen molar-refractivity contribution in [3.63, 3.8) is 0 Å². The molecule has 1 rings (SSSR count). The Bertz CT molecular complexity index is 410. The molecule has 106 valence electrons. The lowest BCUT2D eigenvalue weighted by Crippen LogP contribution is -2.27. The lowest BCUT2D eigenvalue weighted by molar-refractivity contribution is 0.333. The van der Waals surface area contributed by atoms with Crippen molar-refractivity contribution in [3.8, 4) is 0 Å². The Balaban J connectivity index is 3.02. The number of rotatable bonds is 6. The SMILES string of the molecule is CCC(C)C(C)(C)c1ccccc1C/C=C\C(C)C. The minimum absolute atomic E-state index is 0.247. The second-order valence-electron chi connectivity index (χ2n) is 6.56. The van der Waals surface area contributed by atoms with E-state index in [1.165, 1.54) is 17.5 Å². The molecule has 1 atom stereocenters. The summed E-state index contributed by atoms with van der Waals surface area (Å²) < 4.78 is 0. The molecule has 0 nitrogen and oxygen atoms in total. The summed E-state index contributed by atoms with van der Waals surface area (Å²) >= 11 is 0. The zero-order chi connectivity index (χ0) is 14.5. The van der Waals surface area contributed by atoms with Crippen LogP contribution in [0.4, 0.5) is 0 Å². The summed E-state index contributed by atoms with van der Waals surface area (Å²) in [5, 5.41) is 0. The molecule has 0 fully saturated rings. The molecule has 0 spiro atoms. The molecule has 19 heavy (non-hydrogen) atoms. The summed E-state index contributed by atoms with van der Waals surface area (Å²) in [6.45, 7) is 13.9. The van der Waals surface area contributed by atoms with Gasteiger partial charge in [0.2, 0.25) is 0 Å². The number of benzene rings is 1. The quantitative estimate of drug-likeness (QED) is 0.569. The van der Waals surface area contributed by atoms with Gasteiger partial charge < -0.3 is 0 Å². The van der Waals surface area contributed by atoms with E-state index in [-0.39, 0.29) is 5.41 Å². The fraction of sp³-hybridized carbons (Fsp3) is 0.579. The standard InChI is InChI=1S/C19H30/c1-7-16(4)19(5,6)18-14-9-8-12-17(18)13-10-11-15(2)3/h8-12,14-16H,7,13H2,1-6H3/b11-10-. The van der Waals surface area contributed by atoms with E-state index in [0.29, 0.717) is 11.8 Å². The van der Waals surface area contributed by atoms with Crippen molar-refractivity contribution in [2.24, 2.45) is 11.8 Å². The van der Waals surface area contributed by atoms with Gasteiger partial charge in [0, 0.05) is 0 Å². The normalized spacial score (nSPS) is 14.3. The maximum absolute atomic E-state index is 2.38. The van der Waals surface area contributed by atoms with Gasteiger partial charge in [-0.15, -0.1) is 0 Å². The molecule has 0 aliphatic rings. The summed E-state index contributed by atoms with van der Waals surface area (Å²) in [4.78, 5) is 0. The first-order valence-corrected chi connectivity index (χ1v) is 7.64. The van der Waals surface area contributed by atoms with Crippen LogP contribution in [0.15, 0.2) is 36.4 Å². The highest BCUT2D eigenvalue weighted by Crippen LogP contribution is 2.35. The van der Waals surface area contributed by atoms with Crippen molar-refractivity contribution < 1.29 is 0 Å². The maximum Gasteiger partial charge on any atom is -0.00752 e. The molecule has 0 aliphatic heterocycles. The van der Waals surface area contributed by atoms with E-state index in [1.54, 1.807) is 0 Å². The molecule has 0 saturated carbocycles. The Morgan fingerprint density at radius 1 is 1.11 bits per heavy atom. The molecule has 0 aromatic heterocycles. The Kier molecular flexibility index (Phi) is 5.85. The van der Waals surface area contributed by atoms with Crippen LogP contribution < -0.4 is 0 Å². The maximum atomic E-state index is 2.38. The molecule has 0 aliphatic carbocycles. The van der Waals surface area contributed by atoms with Crippen LogP contribution in [0.25, 0.3) is 0 Å². The van der Waals surface area contributed by atoms with E-state index in [4.69, 9.17) is 0 Å². The van der Waals surface area contributed by atoms with Gasteiger partial charge in [0.25, 0.3) is 0 Å². The van der Waals surface area contributed by atoms with Crippen LogP contribution in [0.1, 0.15) is 59.1 Å². The summed E-state index contributed by atoms with van der Waals surface area (Å²) in [6, 6.07) is 8.93. The second-order valence-corrected chi connectivity index (χ2v) is 6.56. The Labute approximate surface area is 119 Å². The smallest absolute Gasteiger partial charge is 0.00752 e. The summed E-state index contributed by atoms with van der Waals surface area (Å²) in [6.07, 6.45) is 6.89. The third kappa shape index (κ3) is 4.23. The van der Waals surface area contributed by atoms with E-state index < -0.39 is 0 Å². The number of hydrogen-bond acceptors (Lipinski definition) is 0. The fourth-order valence-electron chi connectivity index (χ4n) is 2.57. The third-order valence-corrected chi connectivity index (χ3v) is 4.41. The van der Waals surface area contributed by atoms with Gasteiger partial charge in [-0.1, -0.05) is 84.4 Å². The first-order valence-electron chi connectivity index (χ1n) is 7.64. The first kappa shape index (κ1) is 16.0. The molecule has 0 heteroatoms. The average molecular weight is 258 g/mol. The molecule has 0 N–H and O–H groups in total. The molecule has 1 aromatic rings. The lowest BCUT2D eigenvalue weighted by atomic mass is 9.71. The Hall–Kier alpha value is -1.04. The summed E-state index contributed by atoms with van der Waals surface area (Å²) in [5.41, 5.74) is 3.24. The minimum Gasteiger partial charge on any atom is -0.0856 e. The molecular formula is C19H30. The van der Waals surface area contributed by atoms with E-state index in [9.17, 15) is 0 Å². The average Bonchev–Trinajstić information content (AvgIpc) is 2.37. The van der Waals surface area contributed by atoms with Gasteiger partial charge in [0.15, 0.2) is 0 Å². The number of hydrogen-bond donors (Lipinski definition) is 0. The summed E-state index contributed by atoms with van der Waals surface area (Å²) in [5.74, 6) is 1.33. The zero-order valence-corrected chi connectivity index (χ0v) is 13.5. The third-order valence-electron chi connectivity index (χ3n) is 4.41. The van der Waals surface area contributed by atoms with E-state index in [2.05, 4.69) is 78.0 Å². The van der Waals surface area contributed by atoms with E-state index in [0.717, 1.165) is 6.42 Å². The van der Waals surface area contributed by atoms with Crippen molar-refractivity contribution >= 4 is 0 Å². The van der Waals surface area contributed by atoms with Crippen LogP contribution in [0.3, 0.4) is 0 Å². The second kappa shape index (κ2) is 6.93. The molecule has 1 aromatic carbocycles. The largest absolute Gasteiger partial charge is 0.0856 e. The molecular weight excluding hydrogens is 228 g/mol. The van der Waals surface area contributed by atoms with Crippen LogP contribution in [0, 0.1) is 11.8 Å². The Morgan fingerprint density at radius 2 is 1.74 bits per heavy atom. The van der Waals surface area contributed by atoms with E-state index in [1.807, 2.05) is 0 Å². The van der Waals surface area contributed by atoms with Crippen LogP contribution >= 0.6 is 0 Å². The monoisotopic (exact) mass is 258 g/mol.